The molecule has 0 spiro atoms. The number of nitrogens with one attached hydrogen (secondary N) is 1. The van der Waals surface area contributed by atoms with Crippen molar-refractivity contribution in [2.45, 2.75) is 25.7 Å². The van der Waals surface area contributed by atoms with Gasteiger partial charge >= 0.3 is 0 Å². The van der Waals surface area contributed by atoms with Crippen LogP contribution < -0.4 is 16.0 Å². The lowest BCUT2D eigenvalue weighted by Crippen LogP contribution is -2.50. The number of aromatic nitrogens is 2. The largest absolute Gasteiger partial charge is 0.370 e. The molecule has 2 aliphatic rings. The van der Waals surface area contributed by atoms with Gasteiger partial charge in [0.15, 0.2) is 5.96 Å². The van der Waals surface area contributed by atoms with E-state index < -0.39 is 0 Å². The Morgan fingerprint density at radius 2 is 1.87 bits per heavy atom. The molecule has 2 saturated heterocycles. The van der Waals surface area contributed by atoms with Crippen molar-refractivity contribution in [2.24, 2.45) is 16.6 Å². The molecule has 31 heavy (non-hydrogen) atoms. The third-order valence-corrected chi connectivity index (χ3v) is 5.61. The zero-order valence-electron chi connectivity index (χ0n) is 18.1. The van der Waals surface area contributed by atoms with Crippen LogP contribution in [-0.2, 0) is 9.59 Å². The Morgan fingerprint density at radius 1 is 1.16 bits per heavy atom. The number of carbonyl (C=O) groups excluding carboxylic acids is 2. The summed E-state index contributed by atoms with van der Waals surface area (Å²) in [6, 6.07) is 1.80. The number of aliphatic imine (C=N–C) groups is 1. The van der Waals surface area contributed by atoms with Gasteiger partial charge in [-0.15, -0.1) is 24.0 Å². The minimum Gasteiger partial charge on any atom is -0.370 e. The molecule has 1 aromatic rings. The molecule has 0 bridgehead atoms. The van der Waals surface area contributed by atoms with E-state index in [1.165, 1.54) is 0 Å². The van der Waals surface area contributed by atoms with E-state index in [0.29, 0.717) is 38.4 Å². The van der Waals surface area contributed by atoms with Gasteiger partial charge in [-0.3, -0.25) is 14.6 Å². The first-order chi connectivity index (χ1) is 14.6. The molecule has 2 fully saturated rings. The first-order valence-corrected chi connectivity index (χ1v) is 10.6. The predicted octanol–water partition coefficient (Wildman–Crippen LogP) is 0.296. The van der Waals surface area contributed by atoms with Gasteiger partial charge in [0.25, 0.3) is 0 Å². The monoisotopic (exact) mass is 544 g/mol. The maximum absolute atomic E-state index is 12.6. The molecule has 3 heterocycles. The van der Waals surface area contributed by atoms with Gasteiger partial charge in [-0.2, -0.15) is 0 Å². The van der Waals surface area contributed by atoms with Crippen molar-refractivity contribution in [1.82, 2.24) is 25.1 Å². The Hall–Kier alpha value is -2.18. The number of rotatable bonds is 6. The Kier molecular flexibility index (Phi) is 10.2. The van der Waals surface area contributed by atoms with Crippen molar-refractivity contribution in [2.75, 3.05) is 57.8 Å². The molecule has 3 rings (SSSR count). The van der Waals surface area contributed by atoms with Crippen LogP contribution in [0.5, 0.6) is 0 Å². The number of anilines is 1. The zero-order valence-corrected chi connectivity index (χ0v) is 20.4. The highest BCUT2D eigenvalue weighted by Gasteiger charge is 2.25. The van der Waals surface area contributed by atoms with E-state index in [1.54, 1.807) is 25.5 Å². The number of likely N-dealkylation sites (tertiary alicyclic amines) is 1. The lowest BCUT2D eigenvalue weighted by molar-refractivity contribution is -0.131. The van der Waals surface area contributed by atoms with Gasteiger partial charge in [0.2, 0.25) is 17.8 Å². The second-order valence-electron chi connectivity index (χ2n) is 7.77. The van der Waals surface area contributed by atoms with Gasteiger partial charge < -0.3 is 25.8 Å². The van der Waals surface area contributed by atoms with E-state index in [2.05, 4.69) is 30.1 Å². The minimum absolute atomic E-state index is 0. The van der Waals surface area contributed by atoms with Crippen LogP contribution in [0.1, 0.15) is 25.7 Å². The van der Waals surface area contributed by atoms with E-state index in [-0.39, 0.29) is 41.7 Å². The van der Waals surface area contributed by atoms with Crippen molar-refractivity contribution in [3.05, 3.63) is 18.5 Å². The zero-order chi connectivity index (χ0) is 21.3. The topological polar surface area (TPSA) is 120 Å². The highest BCUT2D eigenvalue weighted by Crippen LogP contribution is 2.19. The lowest BCUT2D eigenvalue weighted by atomic mass is 9.95. The maximum atomic E-state index is 12.6. The number of halogens is 1. The van der Waals surface area contributed by atoms with Crippen molar-refractivity contribution in [3.63, 3.8) is 0 Å². The summed E-state index contributed by atoms with van der Waals surface area (Å²) in [5.74, 6) is 1.64. The van der Waals surface area contributed by atoms with Crippen LogP contribution >= 0.6 is 24.0 Å². The number of primary amides is 1. The van der Waals surface area contributed by atoms with Gasteiger partial charge in [0.05, 0.1) is 0 Å². The molecule has 172 valence electrons. The highest BCUT2D eigenvalue weighted by atomic mass is 127. The van der Waals surface area contributed by atoms with Gasteiger partial charge in [-0.1, -0.05) is 0 Å². The number of nitrogens with two attached hydrogens (primary N) is 1. The lowest BCUT2D eigenvalue weighted by Gasteiger charge is -2.35. The van der Waals surface area contributed by atoms with Crippen molar-refractivity contribution < 1.29 is 9.59 Å². The molecule has 10 nitrogen and oxygen atoms in total. The SMILES string of the molecule is CN=C(NCCC(=O)N1CCN(c2ncccn2)CC1)N1CCCC(CC(N)=O)C1.I. The van der Waals surface area contributed by atoms with E-state index in [9.17, 15) is 9.59 Å². The molecule has 3 N–H and O–H groups in total. The molecule has 1 unspecified atom stereocenters. The third-order valence-electron chi connectivity index (χ3n) is 5.61. The number of hydrogen-bond donors (Lipinski definition) is 2. The number of carbonyl (C=O) groups is 2. The van der Waals surface area contributed by atoms with E-state index in [1.807, 2.05) is 4.90 Å². The summed E-state index contributed by atoms with van der Waals surface area (Å²) in [5.41, 5.74) is 5.35. The number of piperidine rings is 1. The first-order valence-electron chi connectivity index (χ1n) is 10.6. The van der Waals surface area contributed by atoms with Gasteiger partial charge in [-0.25, -0.2) is 9.97 Å². The summed E-state index contributed by atoms with van der Waals surface area (Å²) >= 11 is 0. The Bertz CT molecular complexity index is 740. The fraction of sp³-hybridized carbons (Fsp3) is 0.650. The molecule has 1 atom stereocenters. The molecular weight excluding hydrogens is 511 g/mol. The molecule has 1 aromatic heterocycles. The maximum Gasteiger partial charge on any atom is 0.225 e. The van der Waals surface area contributed by atoms with Gasteiger partial charge in [0, 0.05) is 78.1 Å². The molecule has 0 saturated carbocycles. The van der Waals surface area contributed by atoms with Crippen LogP contribution in [0.2, 0.25) is 0 Å². The third kappa shape index (κ3) is 7.47. The normalized spacial score (nSPS) is 19.6. The fourth-order valence-corrected chi connectivity index (χ4v) is 4.09. The van der Waals surface area contributed by atoms with E-state index >= 15 is 0 Å². The first kappa shape index (κ1) is 25.1. The average Bonchev–Trinajstić information content (AvgIpc) is 2.77. The Labute approximate surface area is 200 Å². The van der Waals surface area contributed by atoms with Crippen LogP contribution in [-0.4, -0.2) is 90.4 Å². The molecular formula is C20H33IN8O2. The minimum atomic E-state index is -0.255. The molecule has 0 aliphatic carbocycles. The second kappa shape index (κ2) is 12.6. The molecule has 2 aliphatic heterocycles. The molecule has 11 heteroatoms. The smallest absolute Gasteiger partial charge is 0.225 e. The van der Waals surface area contributed by atoms with Crippen LogP contribution in [0.25, 0.3) is 0 Å². The second-order valence-corrected chi connectivity index (χ2v) is 7.77. The Balaban J connectivity index is 0.00000341. The summed E-state index contributed by atoms with van der Waals surface area (Å²) in [4.78, 5) is 42.9. The van der Waals surface area contributed by atoms with Crippen molar-refractivity contribution in [3.8, 4) is 0 Å². The number of nitrogens with zero attached hydrogens (tertiary/aromatic N) is 6. The molecule has 0 aromatic carbocycles. The van der Waals surface area contributed by atoms with Crippen LogP contribution in [0.4, 0.5) is 5.95 Å². The summed E-state index contributed by atoms with van der Waals surface area (Å²) in [6.45, 7) is 5.01. The van der Waals surface area contributed by atoms with Gasteiger partial charge in [-0.05, 0) is 24.8 Å². The van der Waals surface area contributed by atoms with Gasteiger partial charge in [0.1, 0.15) is 0 Å². The Morgan fingerprint density at radius 3 is 2.52 bits per heavy atom. The summed E-state index contributed by atoms with van der Waals surface area (Å²) in [7, 11) is 1.74. The average molecular weight is 544 g/mol. The molecule has 2 amide bonds. The number of guanidine groups is 1. The number of hydrogen-bond acceptors (Lipinski definition) is 6. The summed E-state index contributed by atoms with van der Waals surface area (Å²) in [6.07, 6.45) is 6.31. The van der Waals surface area contributed by atoms with Crippen molar-refractivity contribution >= 4 is 47.7 Å². The quantitative estimate of drug-likeness (QED) is 0.300. The van der Waals surface area contributed by atoms with E-state index in [4.69, 9.17) is 5.73 Å². The summed E-state index contributed by atoms with van der Waals surface area (Å²) in [5, 5.41) is 3.30. The fourth-order valence-electron chi connectivity index (χ4n) is 4.09. The number of amides is 2. The standard InChI is InChI=1S/C20H32N8O2.HI/c1-22-19(28-9-2-4-16(15-28)14-17(21)29)25-8-5-18(30)26-10-12-27(13-11-26)20-23-6-3-7-24-20;/h3,6-7,16H,2,4-5,8-15H2,1H3,(H2,21,29)(H,22,25);1H. The molecule has 0 radical (unpaired) electrons. The predicted molar refractivity (Wildman–Crippen MR) is 130 cm³/mol. The number of piperazine rings is 1. The van der Waals surface area contributed by atoms with Crippen molar-refractivity contribution in [1.29, 1.82) is 0 Å². The van der Waals surface area contributed by atoms with Crippen LogP contribution in [0, 0.1) is 5.92 Å². The van der Waals surface area contributed by atoms with Crippen LogP contribution in [0.15, 0.2) is 23.5 Å². The highest BCUT2D eigenvalue weighted by molar-refractivity contribution is 14.0. The summed E-state index contributed by atoms with van der Waals surface area (Å²) < 4.78 is 0. The van der Waals surface area contributed by atoms with Crippen LogP contribution in [0.3, 0.4) is 0 Å². The van der Waals surface area contributed by atoms with E-state index in [0.717, 1.165) is 45.0 Å².